The van der Waals surface area contributed by atoms with Gasteiger partial charge < -0.3 is 14.7 Å². The lowest BCUT2D eigenvalue weighted by Crippen LogP contribution is -2.47. The molecule has 0 atom stereocenters. The third-order valence-corrected chi connectivity index (χ3v) is 5.00. The lowest BCUT2D eigenvalue weighted by molar-refractivity contribution is -0.151. The van der Waals surface area contributed by atoms with Crippen LogP contribution in [0.15, 0.2) is 0 Å². The summed E-state index contributed by atoms with van der Waals surface area (Å²) >= 11 is 0. The fraction of sp³-hybridized carbons (Fsp3) is 0.941. The molecule has 0 radical (unpaired) electrons. The second-order valence-corrected chi connectivity index (χ2v) is 6.79. The van der Waals surface area contributed by atoms with Gasteiger partial charge in [0.2, 0.25) is 0 Å². The quantitative estimate of drug-likeness (QED) is 0.811. The minimum Gasteiger partial charge on any atom is -0.466 e. The highest BCUT2D eigenvalue weighted by Crippen LogP contribution is 2.33. The first-order chi connectivity index (χ1) is 10.1. The molecule has 0 bridgehead atoms. The van der Waals surface area contributed by atoms with Crippen molar-refractivity contribution < 1.29 is 14.6 Å². The molecule has 1 saturated heterocycles. The number of ether oxygens (including phenoxy) is 1. The Labute approximate surface area is 128 Å². The number of likely N-dealkylation sites (tertiary alicyclic amines) is 1. The fourth-order valence-electron chi connectivity index (χ4n) is 3.70. The summed E-state index contributed by atoms with van der Waals surface area (Å²) in [4.78, 5) is 14.2. The molecule has 21 heavy (non-hydrogen) atoms. The molecule has 1 N–H and O–H groups in total. The van der Waals surface area contributed by atoms with Crippen molar-refractivity contribution in [3.63, 3.8) is 0 Å². The van der Waals surface area contributed by atoms with Gasteiger partial charge in [-0.15, -0.1) is 0 Å². The summed E-state index contributed by atoms with van der Waals surface area (Å²) in [5.41, 5.74) is -0.595. The number of β-amino-alcohol motifs (C(OH)–C–C–N with tert-alkyl or cyclic N) is 1. The van der Waals surface area contributed by atoms with Gasteiger partial charge in [0, 0.05) is 6.54 Å². The van der Waals surface area contributed by atoms with Crippen molar-refractivity contribution in [2.24, 2.45) is 5.92 Å². The van der Waals surface area contributed by atoms with Crippen LogP contribution in [-0.4, -0.2) is 47.8 Å². The van der Waals surface area contributed by atoms with Gasteiger partial charge in [-0.25, -0.2) is 0 Å². The number of nitrogens with zero attached hydrogens (tertiary/aromatic N) is 1. The van der Waals surface area contributed by atoms with E-state index in [4.69, 9.17) is 4.74 Å². The molecule has 0 unspecified atom stereocenters. The molecule has 2 fully saturated rings. The summed E-state index contributed by atoms with van der Waals surface area (Å²) in [6.07, 6.45) is 9.49. The second-order valence-electron chi connectivity index (χ2n) is 6.79. The third kappa shape index (κ3) is 5.26. The van der Waals surface area contributed by atoms with Crippen molar-refractivity contribution in [3.8, 4) is 0 Å². The summed E-state index contributed by atoms with van der Waals surface area (Å²) < 4.78 is 5.10. The molecule has 1 heterocycles. The van der Waals surface area contributed by atoms with Crippen LogP contribution in [0, 0.1) is 5.92 Å². The summed E-state index contributed by atoms with van der Waals surface area (Å²) in [5.74, 6) is -0.0802. The van der Waals surface area contributed by atoms with Crippen LogP contribution in [0.4, 0.5) is 0 Å². The van der Waals surface area contributed by atoms with E-state index >= 15 is 0 Å². The maximum absolute atomic E-state index is 11.8. The molecule has 122 valence electrons. The average Bonchev–Trinajstić information content (AvgIpc) is 2.43. The molecule has 0 amide bonds. The van der Waals surface area contributed by atoms with E-state index in [0.29, 0.717) is 6.61 Å². The second kappa shape index (κ2) is 8.14. The molecule has 4 heteroatoms. The molecule has 2 rings (SSSR count). The van der Waals surface area contributed by atoms with E-state index in [1.165, 1.54) is 32.1 Å². The number of rotatable bonds is 4. The van der Waals surface area contributed by atoms with E-state index in [0.717, 1.165) is 45.3 Å². The van der Waals surface area contributed by atoms with Crippen molar-refractivity contribution in [1.82, 2.24) is 4.90 Å². The van der Waals surface area contributed by atoms with Crippen molar-refractivity contribution in [2.75, 3.05) is 26.2 Å². The Hall–Kier alpha value is -0.610. The minimum atomic E-state index is -0.595. The molecule has 0 aromatic heterocycles. The number of hydrogen-bond donors (Lipinski definition) is 1. The Balaban J connectivity index is 1.79. The first-order valence-corrected chi connectivity index (χ1v) is 8.74. The first-order valence-electron chi connectivity index (χ1n) is 8.74. The van der Waals surface area contributed by atoms with Crippen LogP contribution >= 0.6 is 0 Å². The van der Waals surface area contributed by atoms with Crippen LogP contribution in [0.5, 0.6) is 0 Å². The Morgan fingerprint density at radius 3 is 2.29 bits per heavy atom. The van der Waals surface area contributed by atoms with Crippen LogP contribution in [0.3, 0.4) is 0 Å². The van der Waals surface area contributed by atoms with Crippen LogP contribution in [0.25, 0.3) is 0 Å². The van der Waals surface area contributed by atoms with Gasteiger partial charge in [-0.2, -0.15) is 0 Å². The summed E-state index contributed by atoms with van der Waals surface area (Å²) in [5, 5.41) is 10.8. The van der Waals surface area contributed by atoms with Crippen molar-refractivity contribution in [1.29, 1.82) is 0 Å². The zero-order valence-electron chi connectivity index (χ0n) is 13.5. The topological polar surface area (TPSA) is 49.8 Å². The zero-order chi connectivity index (χ0) is 15.1. The molecular weight excluding hydrogens is 266 g/mol. The number of carbonyl (C=O) groups excluding carboxylic acids is 1. The molecular formula is C17H31NO3. The highest BCUT2D eigenvalue weighted by Gasteiger charge is 2.37. The largest absolute Gasteiger partial charge is 0.466 e. The van der Waals surface area contributed by atoms with Gasteiger partial charge in [-0.3, -0.25) is 4.79 Å². The van der Waals surface area contributed by atoms with Crippen molar-refractivity contribution >= 4 is 5.97 Å². The van der Waals surface area contributed by atoms with E-state index in [2.05, 4.69) is 4.90 Å². The first kappa shape index (κ1) is 16.8. The molecule has 2 aliphatic rings. The van der Waals surface area contributed by atoms with E-state index in [1.54, 1.807) is 0 Å². The lowest BCUT2D eigenvalue weighted by Gasteiger charge is -2.39. The third-order valence-electron chi connectivity index (χ3n) is 5.00. The van der Waals surface area contributed by atoms with E-state index in [-0.39, 0.29) is 11.9 Å². The van der Waals surface area contributed by atoms with Gasteiger partial charge in [-0.1, -0.05) is 19.3 Å². The molecule has 1 aliphatic heterocycles. The van der Waals surface area contributed by atoms with Crippen LogP contribution in [-0.2, 0) is 9.53 Å². The summed E-state index contributed by atoms with van der Waals surface area (Å²) in [7, 11) is 0. The van der Waals surface area contributed by atoms with E-state index in [9.17, 15) is 9.90 Å². The van der Waals surface area contributed by atoms with E-state index in [1.807, 2.05) is 6.92 Å². The van der Waals surface area contributed by atoms with Gasteiger partial charge in [0.25, 0.3) is 0 Å². The van der Waals surface area contributed by atoms with E-state index < -0.39 is 5.60 Å². The number of esters is 1. The highest BCUT2D eigenvalue weighted by atomic mass is 16.5. The molecule has 0 spiro atoms. The minimum absolute atomic E-state index is 0.00226. The van der Waals surface area contributed by atoms with Gasteiger partial charge in [0.05, 0.1) is 18.1 Å². The monoisotopic (exact) mass is 297 g/mol. The normalized spacial score (nSPS) is 32.2. The van der Waals surface area contributed by atoms with Gasteiger partial charge in [0.15, 0.2) is 0 Å². The number of carbonyl (C=O) groups is 1. The maximum atomic E-state index is 11.8. The highest BCUT2D eigenvalue weighted by molar-refractivity contribution is 5.72. The van der Waals surface area contributed by atoms with Crippen molar-refractivity contribution in [3.05, 3.63) is 0 Å². The maximum Gasteiger partial charge on any atom is 0.308 e. The Kier molecular flexibility index (Phi) is 6.49. The molecule has 0 aromatic rings. The fourth-order valence-corrected chi connectivity index (χ4v) is 3.70. The Bertz CT molecular complexity index is 316. The van der Waals surface area contributed by atoms with Crippen LogP contribution < -0.4 is 0 Å². The van der Waals surface area contributed by atoms with Gasteiger partial charge >= 0.3 is 5.97 Å². The predicted octanol–water partition coefficient (Wildman–Crippen LogP) is 2.74. The van der Waals surface area contributed by atoms with Gasteiger partial charge in [-0.05, 0) is 58.5 Å². The molecule has 1 saturated carbocycles. The Morgan fingerprint density at radius 1 is 1.14 bits per heavy atom. The summed E-state index contributed by atoms with van der Waals surface area (Å²) in [6.45, 7) is 5.31. The number of aliphatic hydroxyl groups is 1. The SMILES string of the molecule is CCOC(=O)C1CCC(O)(CN2CCCCCCC2)CC1. The smallest absolute Gasteiger partial charge is 0.308 e. The molecule has 0 aromatic carbocycles. The summed E-state index contributed by atoms with van der Waals surface area (Å²) in [6, 6.07) is 0. The van der Waals surface area contributed by atoms with Crippen LogP contribution in [0.2, 0.25) is 0 Å². The standard InChI is InChI=1S/C17H31NO3/c1-2-21-16(19)15-8-10-17(20,11-9-15)14-18-12-6-4-3-5-7-13-18/h15,20H,2-14H2,1H3. The zero-order valence-corrected chi connectivity index (χ0v) is 13.5. The number of hydrogen-bond acceptors (Lipinski definition) is 4. The predicted molar refractivity (Wildman–Crippen MR) is 83.1 cm³/mol. The Morgan fingerprint density at radius 2 is 1.71 bits per heavy atom. The average molecular weight is 297 g/mol. The van der Waals surface area contributed by atoms with Gasteiger partial charge in [0.1, 0.15) is 0 Å². The van der Waals surface area contributed by atoms with Crippen LogP contribution in [0.1, 0.15) is 64.7 Å². The van der Waals surface area contributed by atoms with Crippen molar-refractivity contribution in [2.45, 2.75) is 70.3 Å². The lowest BCUT2D eigenvalue weighted by atomic mass is 9.78. The molecule has 1 aliphatic carbocycles. The molecule has 4 nitrogen and oxygen atoms in total.